The lowest BCUT2D eigenvalue weighted by atomic mass is 10.2. The Morgan fingerprint density at radius 1 is 1.46 bits per heavy atom. The zero-order chi connectivity index (χ0) is 9.52. The van der Waals surface area contributed by atoms with Gasteiger partial charge in [-0.05, 0) is 12.1 Å². The van der Waals surface area contributed by atoms with Crippen molar-refractivity contribution in [2.75, 3.05) is 12.0 Å². The Morgan fingerprint density at radius 2 is 2.23 bits per heavy atom. The number of anilines is 1. The summed E-state index contributed by atoms with van der Waals surface area (Å²) in [5.74, 6) is 0. The molecule has 0 aliphatic rings. The van der Waals surface area contributed by atoms with Crippen LogP contribution in [0.3, 0.4) is 0 Å². The average molecular weight is 173 g/mol. The maximum atomic E-state index is 8.74. The molecule has 0 bridgehead atoms. The molecule has 1 aromatic rings. The monoisotopic (exact) mass is 173 g/mol. The first-order valence-corrected chi connectivity index (χ1v) is 3.97. The van der Waals surface area contributed by atoms with Crippen molar-refractivity contribution in [3.8, 4) is 6.07 Å². The Bertz CT molecular complexity index is 325. The Labute approximate surface area is 77.7 Å². The summed E-state index contributed by atoms with van der Waals surface area (Å²) in [6, 6.07) is 9.40. The van der Waals surface area contributed by atoms with E-state index in [-0.39, 0.29) is 0 Å². The third-order valence-electron chi connectivity index (χ3n) is 1.52. The number of rotatable bonds is 4. The van der Waals surface area contributed by atoms with Crippen LogP contribution >= 0.6 is 0 Å². The van der Waals surface area contributed by atoms with Crippen LogP contribution in [-0.4, -0.2) is 6.54 Å². The van der Waals surface area contributed by atoms with Gasteiger partial charge >= 0.3 is 0 Å². The van der Waals surface area contributed by atoms with Crippen LogP contribution in [0.5, 0.6) is 0 Å². The standard InChI is InChI=1S/C10H11N3/c1-2-7-12-13-10-6-4-3-5-9(10)8-11/h2-6,12-13H,1,7H2. The van der Waals surface area contributed by atoms with E-state index in [1.807, 2.05) is 18.2 Å². The highest BCUT2D eigenvalue weighted by atomic mass is 15.3. The van der Waals surface area contributed by atoms with Crippen molar-refractivity contribution in [3.63, 3.8) is 0 Å². The number of nitriles is 1. The van der Waals surface area contributed by atoms with Gasteiger partial charge in [0.05, 0.1) is 11.3 Å². The first-order chi connectivity index (χ1) is 6.38. The molecule has 3 nitrogen and oxygen atoms in total. The molecule has 0 spiro atoms. The van der Waals surface area contributed by atoms with E-state index >= 15 is 0 Å². The number of hydrogen-bond donors (Lipinski definition) is 2. The lowest BCUT2D eigenvalue weighted by molar-refractivity contribution is 0.896. The second-order valence-electron chi connectivity index (χ2n) is 2.45. The summed E-state index contributed by atoms with van der Waals surface area (Å²) in [5.41, 5.74) is 7.24. The Morgan fingerprint density at radius 3 is 2.92 bits per heavy atom. The number of benzene rings is 1. The molecule has 0 saturated heterocycles. The van der Waals surface area contributed by atoms with Gasteiger partial charge in [0, 0.05) is 6.54 Å². The van der Waals surface area contributed by atoms with Gasteiger partial charge in [-0.25, -0.2) is 5.43 Å². The van der Waals surface area contributed by atoms with Gasteiger partial charge in [-0.15, -0.1) is 6.58 Å². The van der Waals surface area contributed by atoms with Gasteiger partial charge < -0.3 is 5.43 Å². The van der Waals surface area contributed by atoms with Crippen LogP contribution in [0.15, 0.2) is 36.9 Å². The fraction of sp³-hybridized carbons (Fsp3) is 0.100. The highest BCUT2D eigenvalue weighted by Gasteiger charge is 1.96. The zero-order valence-electron chi connectivity index (χ0n) is 7.25. The smallest absolute Gasteiger partial charge is 0.101 e. The first-order valence-electron chi connectivity index (χ1n) is 3.97. The molecule has 0 saturated carbocycles. The molecule has 0 fully saturated rings. The van der Waals surface area contributed by atoms with Crippen molar-refractivity contribution in [2.24, 2.45) is 0 Å². The van der Waals surface area contributed by atoms with Crippen molar-refractivity contribution >= 4 is 5.69 Å². The van der Waals surface area contributed by atoms with Crippen molar-refractivity contribution < 1.29 is 0 Å². The van der Waals surface area contributed by atoms with E-state index in [9.17, 15) is 0 Å². The second kappa shape index (κ2) is 4.96. The fourth-order valence-electron chi connectivity index (χ4n) is 0.908. The molecule has 66 valence electrons. The van der Waals surface area contributed by atoms with Crippen molar-refractivity contribution in [3.05, 3.63) is 42.5 Å². The third kappa shape index (κ3) is 2.62. The molecule has 0 radical (unpaired) electrons. The number of hydrazine groups is 1. The van der Waals surface area contributed by atoms with E-state index < -0.39 is 0 Å². The fourth-order valence-corrected chi connectivity index (χ4v) is 0.908. The maximum absolute atomic E-state index is 8.74. The maximum Gasteiger partial charge on any atom is 0.101 e. The molecular formula is C10H11N3. The molecule has 2 N–H and O–H groups in total. The summed E-state index contributed by atoms with van der Waals surface area (Å²) < 4.78 is 0. The summed E-state index contributed by atoms with van der Waals surface area (Å²) in [5, 5.41) is 8.74. The van der Waals surface area contributed by atoms with E-state index in [2.05, 4.69) is 23.5 Å². The molecule has 0 unspecified atom stereocenters. The molecule has 0 heterocycles. The predicted molar refractivity (Wildman–Crippen MR) is 53.0 cm³/mol. The largest absolute Gasteiger partial charge is 0.320 e. The van der Waals surface area contributed by atoms with Crippen LogP contribution in [0.1, 0.15) is 5.56 Å². The quantitative estimate of drug-likeness (QED) is 0.413. The Balaban J connectivity index is 2.65. The zero-order valence-corrected chi connectivity index (χ0v) is 7.25. The molecule has 1 aromatic carbocycles. The summed E-state index contributed by atoms with van der Waals surface area (Å²) in [7, 11) is 0. The molecule has 0 amide bonds. The Hall–Kier alpha value is -1.79. The summed E-state index contributed by atoms with van der Waals surface area (Å²) in [6.07, 6.45) is 1.74. The van der Waals surface area contributed by atoms with E-state index in [1.165, 1.54) is 0 Å². The van der Waals surface area contributed by atoms with Gasteiger partial charge in [-0.2, -0.15) is 5.26 Å². The molecule has 0 aliphatic heterocycles. The second-order valence-corrected chi connectivity index (χ2v) is 2.45. The normalized spacial score (nSPS) is 8.85. The topological polar surface area (TPSA) is 47.8 Å². The van der Waals surface area contributed by atoms with E-state index in [4.69, 9.17) is 5.26 Å². The highest BCUT2D eigenvalue weighted by Crippen LogP contribution is 2.11. The number of nitrogens with zero attached hydrogens (tertiary/aromatic N) is 1. The number of para-hydroxylation sites is 1. The molecule has 13 heavy (non-hydrogen) atoms. The van der Waals surface area contributed by atoms with Gasteiger partial charge in [-0.1, -0.05) is 18.2 Å². The summed E-state index contributed by atoms with van der Waals surface area (Å²) >= 11 is 0. The minimum absolute atomic E-state index is 0.624. The molecule has 1 rings (SSSR count). The van der Waals surface area contributed by atoms with Crippen molar-refractivity contribution in [2.45, 2.75) is 0 Å². The number of hydrogen-bond acceptors (Lipinski definition) is 3. The van der Waals surface area contributed by atoms with E-state index in [1.54, 1.807) is 12.1 Å². The first kappa shape index (κ1) is 9.30. The lowest BCUT2D eigenvalue weighted by Crippen LogP contribution is -2.21. The molecule has 3 heteroatoms. The summed E-state index contributed by atoms with van der Waals surface area (Å²) in [4.78, 5) is 0. The minimum atomic E-state index is 0.624. The van der Waals surface area contributed by atoms with Crippen LogP contribution in [0, 0.1) is 11.3 Å². The van der Waals surface area contributed by atoms with Crippen molar-refractivity contribution in [1.82, 2.24) is 5.43 Å². The van der Waals surface area contributed by atoms with Gasteiger partial charge in [0.25, 0.3) is 0 Å². The minimum Gasteiger partial charge on any atom is -0.320 e. The molecule has 0 atom stereocenters. The lowest BCUT2D eigenvalue weighted by Gasteiger charge is -2.06. The Kier molecular flexibility index (Phi) is 3.55. The van der Waals surface area contributed by atoms with Crippen LogP contribution in [0.2, 0.25) is 0 Å². The van der Waals surface area contributed by atoms with Gasteiger partial charge in [0.1, 0.15) is 6.07 Å². The van der Waals surface area contributed by atoms with Crippen LogP contribution in [0.4, 0.5) is 5.69 Å². The predicted octanol–water partition coefficient (Wildman–Crippen LogP) is 1.66. The van der Waals surface area contributed by atoms with Gasteiger partial charge in [-0.3, -0.25) is 0 Å². The molecule has 0 aliphatic carbocycles. The van der Waals surface area contributed by atoms with E-state index in [0.717, 1.165) is 5.69 Å². The summed E-state index contributed by atoms with van der Waals surface area (Å²) in [6.45, 7) is 4.22. The van der Waals surface area contributed by atoms with Gasteiger partial charge in [0.15, 0.2) is 0 Å². The van der Waals surface area contributed by atoms with Crippen molar-refractivity contribution in [1.29, 1.82) is 5.26 Å². The number of nitrogens with one attached hydrogen (secondary N) is 2. The average Bonchev–Trinajstić information content (AvgIpc) is 2.19. The molecule has 0 aromatic heterocycles. The van der Waals surface area contributed by atoms with Crippen LogP contribution in [-0.2, 0) is 0 Å². The van der Waals surface area contributed by atoms with E-state index in [0.29, 0.717) is 12.1 Å². The SMILES string of the molecule is C=CCNNc1ccccc1C#N. The molecular weight excluding hydrogens is 162 g/mol. The van der Waals surface area contributed by atoms with Crippen LogP contribution < -0.4 is 10.9 Å². The van der Waals surface area contributed by atoms with Crippen LogP contribution in [0.25, 0.3) is 0 Å². The van der Waals surface area contributed by atoms with Gasteiger partial charge in [0.2, 0.25) is 0 Å². The highest BCUT2D eigenvalue weighted by molar-refractivity contribution is 5.56. The third-order valence-corrected chi connectivity index (χ3v) is 1.52.